The van der Waals surface area contributed by atoms with Crippen molar-refractivity contribution in [1.82, 2.24) is 31.9 Å². The molecule has 0 aromatic rings. The van der Waals surface area contributed by atoms with Crippen LogP contribution in [0.15, 0.2) is 0 Å². The number of likely N-dealkylation sites (N-methyl/N-ethyl adjacent to an activating group) is 1. The van der Waals surface area contributed by atoms with Crippen LogP contribution in [0.4, 0.5) is 0 Å². The zero-order chi connectivity index (χ0) is 87.6. The van der Waals surface area contributed by atoms with Crippen LogP contribution in [0.5, 0.6) is 0 Å². The quantitative estimate of drug-likeness (QED) is 0.0199. The fraction of sp³-hybridized carbons (Fsp3) is 0.897. The highest BCUT2D eigenvalue weighted by atomic mass is 32.2. The number of carbonyl (C=O) groups excluding carboxylic acids is 9. The maximum Gasteiger partial charge on any atom is 0.264 e. The molecule has 0 aliphatic heterocycles. The van der Waals surface area contributed by atoms with E-state index >= 15 is 0 Å². The smallest absolute Gasteiger partial charge is 0.264 e. The van der Waals surface area contributed by atoms with Crippen molar-refractivity contribution in [2.75, 3.05) is 57.0 Å². The Kier molecular flexibility index (Phi) is 83.4. The van der Waals surface area contributed by atoms with Crippen molar-refractivity contribution in [3.05, 3.63) is 0 Å². The third kappa shape index (κ3) is 96.8. The lowest BCUT2D eigenvalue weighted by atomic mass is 10.0. The van der Waals surface area contributed by atoms with Crippen LogP contribution in [-0.4, -0.2) is 167 Å². The summed E-state index contributed by atoms with van der Waals surface area (Å²) in [5, 5.41) is 16.9. The SMILES string of the molecule is CC(=O)[C@@H](N)CCCCNC(=O)CCCCC(=O)CCCCCCCCCCCCCCCCCS(=O)(=O)O.CCCNC(=O)CCCNC(=O)CCCCCCCCCCCCCCCS(=O)(=O)O.CNC(=O)[C@@H](N)CCCCNC(=O)[C@@H](N)CCCCCC(=O)CCCNC(=O)CCCCCCCCCCCCCCCS(=O)(=O)O. The van der Waals surface area contributed by atoms with Crippen LogP contribution in [0.1, 0.15) is 425 Å². The number of Topliss-reactive ketones (excluding diaryl/α,β-unsaturated/α-hetero) is 3. The topological polar surface area (TPSA) is 467 Å². The van der Waals surface area contributed by atoms with Gasteiger partial charge >= 0.3 is 0 Å². The summed E-state index contributed by atoms with van der Waals surface area (Å²) >= 11 is 0. The van der Waals surface area contributed by atoms with Crippen LogP contribution in [-0.2, 0) is 73.5 Å². The molecule has 0 heterocycles. The van der Waals surface area contributed by atoms with Crippen LogP contribution in [0, 0.1) is 0 Å². The second kappa shape index (κ2) is 83.7. The van der Waals surface area contributed by atoms with E-state index in [1.54, 1.807) is 7.05 Å². The first-order valence-electron chi connectivity index (χ1n) is 46.1. The van der Waals surface area contributed by atoms with Gasteiger partial charge in [0.25, 0.3) is 30.4 Å². The van der Waals surface area contributed by atoms with E-state index in [0.717, 1.165) is 173 Å². The molecule has 27 nitrogen and oxygen atoms in total. The summed E-state index contributed by atoms with van der Waals surface area (Å²) in [7, 11) is -9.83. The Morgan fingerprint density at radius 3 is 0.761 bits per heavy atom. The van der Waals surface area contributed by atoms with Crippen LogP contribution in [0.2, 0.25) is 0 Å². The van der Waals surface area contributed by atoms with Gasteiger partial charge in [-0.25, -0.2) is 0 Å². The Labute approximate surface area is 710 Å². The van der Waals surface area contributed by atoms with Gasteiger partial charge in [-0.3, -0.25) is 56.8 Å². The molecule has 0 aliphatic rings. The fourth-order valence-electron chi connectivity index (χ4n) is 13.5. The lowest BCUT2D eigenvalue weighted by molar-refractivity contribution is -0.123. The molecule has 0 spiro atoms. The average Bonchev–Trinajstić information content (AvgIpc) is 0.941. The number of unbranched alkanes of at least 4 members (excludes halogenated alkanes) is 43. The van der Waals surface area contributed by atoms with Crippen molar-refractivity contribution in [1.29, 1.82) is 0 Å². The summed E-state index contributed by atoms with van der Waals surface area (Å²) in [5.41, 5.74) is 17.4. The minimum absolute atomic E-state index is 0.00351. The molecule has 15 N–H and O–H groups in total. The number of nitrogens with one attached hydrogen (secondary N) is 6. The van der Waals surface area contributed by atoms with Crippen LogP contribution >= 0.6 is 0 Å². The molecule has 0 saturated carbocycles. The molecule has 117 heavy (non-hydrogen) atoms. The van der Waals surface area contributed by atoms with Gasteiger partial charge in [0, 0.05) is 91.1 Å². The summed E-state index contributed by atoms with van der Waals surface area (Å²) in [4.78, 5) is 106. The van der Waals surface area contributed by atoms with E-state index in [9.17, 15) is 68.4 Å². The maximum atomic E-state index is 12.2. The first-order valence-corrected chi connectivity index (χ1v) is 51.0. The standard InChI is InChI=1S/C34H67N5O7S.C30H58N2O6S.C23H46N2O5S/c1-37-33(42)30(35)24-17-18-26-39-34(43)31(36)23-15-13-14-21-29(40)22-20-27-38-32(41)25-16-11-9-7-5-3-2-4-6-8-10-12-19-28-47(44,45)46;1-27(33)29(31)23-18-19-25-32-30(35)24-17-16-22-28(34)21-15-13-11-9-7-5-3-2-4-6-8-10-12-14-20-26-39(36,37)38;1-2-19-24-23(27)18-16-20-25-22(26)17-14-12-10-8-6-4-3-5-7-9-11-13-15-21-31(28,29)30/h30-31H,2-28,35-36H2,1H3,(H,37,42)(H,38,41)(H,39,43)(H,44,45,46);29H,2-26,31H2,1H3,(H,32,35)(H,36,37,38);2-21H2,1H3,(H,24,27)(H,25,26)(H,28,29,30)/t30-,31-;29-;/m00./s1. The van der Waals surface area contributed by atoms with Crippen LogP contribution in [0.25, 0.3) is 0 Å². The average molecular weight is 1730 g/mol. The Bertz CT molecular complexity index is 2830. The summed E-state index contributed by atoms with van der Waals surface area (Å²) < 4.78 is 89.8. The fourth-order valence-corrected chi connectivity index (χ4v) is 15.2. The van der Waals surface area contributed by atoms with E-state index in [4.69, 9.17) is 30.9 Å². The van der Waals surface area contributed by atoms with E-state index < -0.39 is 48.5 Å². The second-order valence-electron chi connectivity index (χ2n) is 32.4. The minimum atomic E-state index is -3.81. The number of rotatable bonds is 84. The Morgan fingerprint density at radius 1 is 0.256 bits per heavy atom. The number of carbonyl (C=O) groups is 9. The van der Waals surface area contributed by atoms with Gasteiger partial charge in [0.2, 0.25) is 35.4 Å². The van der Waals surface area contributed by atoms with Crippen LogP contribution in [0.3, 0.4) is 0 Å². The lowest BCUT2D eigenvalue weighted by Crippen LogP contribution is -2.41. The van der Waals surface area contributed by atoms with Gasteiger partial charge < -0.3 is 49.1 Å². The highest BCUT2D eigenvalue weighted by Gasteiger charge is 2.16. The molecule has 0 aliphatic carbocycles. The second-order valence-corrected chi connectivity index (χ2v) is 37.1. The van der Waals surface area contributed by atoms with Gasteiger partial charge in [-0.1, -0.05) is 244 Å². The molecule has 0 unspecified atom stereocenters. The molecule has 6 amide bonds. The molecule has 0 bridgehead atoms. The van der Waals surface area contributed by atoms with Gasteiger partial charge in [-0.2, -0.15) is 25.3 Å². The van der Waals surface area contributed by atoms with E-state index in [2.05, 4.69) is 31.9 Å². The van der Waals surface area contributed by atoms with Crippen molar-refractivity contribution in [3.8, 4) is 0 Å². The zero-order valence-electron chi connectivity index (χ0n) is 73.6. The molecule has 3 atom stereocenters. The summed E-state index contributed by atoms with van der Waals surface area (Å²) in [6.45, 7) is 6.45. The normalized spacial score (nSPS) is 12.3. The van der Waals surface area contributed by atoms with E-state index in [0.29, 0.717) is 135 Å². The largest absolute Gasteiger partial charge is 0.358 e. The molecule has 0 fully saturated rings. The van der Waals surface area contributed by atoms with Crippen molar-refractivity contribution >= 4 is 83.1 Å². The van der Waals surface area contributed by atoms with Crippen molar-refractivity contribution in [3.63, 3.8) is 0 Å². The van der Waals surface area contributed by atoms with Gasteiger partial charge in [0.1, 0.15) is 17.3 Å². The Hall–Kier alpha value is -4.56. The molecule has 0 rings (SSSR count). The summed E-state index contributed by atoms with van der Waals surface area (Å²) in [6, 6.07) is -1.49. The zero-order valence-corrected chi connectivity index (χ0v) is 76.0. The van der Waals surface area contributed by atoms with E-state index in [-0.39, 0.29) is 64.3 Å². The maximum absolute atomic E-state index is 12.2. The molecule has 30 heteroatoms. The predicted octanol–water partition coefficient (Wildman–Crippen LogP) is 15.6. The van der Waals surface area contributed by atoms with E-state index in [1.165, 1.54) is 148 Å². The molecule has 0 aromatic carbocycles. The highest BCUT2D eigenvalue weighted by Crippen LogP contribution is 2.19. The number of ketones is 3. The molecule has 0 radical (unpaired) electrons. The number of hydrogen-bond donors (Lipinski definition) is 12. The van der Waals surface area contributed by atoms with E-state index in [1.807, 2.05) is 6.92 Å². The molecular formula is C87H171N9O18S3. The first-order chi connectivity index (χ1) is 55.9. The predicted molar refractivity (Wildman–Crippen MR) is 474 cm³/mol. The number of amides is 6. The third-order valence-corrected chi connectivity index (χ3v) is 23.3. The number of nitrogens with two attached hydrogens (primary N) is 3. The van der Waals surface area contributed by atoms with Gasteiger partial charge in [-0.05, 0) is 129 Å². The molecule has 0 aromatic heterocycles. The monoisotopic (exact) mass is 1730 g/mol. The molecular weight excluding hydrogens is 1560 g/mol. The Morgan fingerprint density at radius 2 is 0.462 bits per heavy atom. The minimum Gasteiger partial charge on any atom is -0.358 e. The highest BCUT2D eigenvalue weighted by molar-refractivity contribution is 7.86. The summed E-state index contributed by atoms with van der Waals surface area (Å²) in [6.07, 6.45) is 60.5. The Balaban J connectivity index is -0.00000170. The van der Waals surface area contributed by atoms with Gasteiger partial charge in [0.15, 0.2) is 0 Å². The number of hydrogen-bond acceptors (Lipinski definition) is 18. The molecule has 690 valence electrons. The van der Waals surface area contributed by atoms with Crippen molar-refractivity contribution in [2.24, 2.45) is 17.2 Å². The molecule has 0 saturated heterocycles. The first kappa shape index (κ1) is 117. The third-order valence-electron chi connectivity index (χ3n) is 20.9. The van der Waals surface area contributed by atoms with Gasteiger partial charge in [0.05, 0.1) is 35.4 Å². The van der Waals surface area contributed by atoms with Crippen LogP contribution < -0.4 is 49.1 Å². The lowest BCUT2D eigenvalue weighted by Gasteiger charge is -2.13. The van der Waals surface area contributed by atoms with Gasteiger partial charge in [-0.15, -0.1) is 0 Å². The van der Waals surface area contributed by atoms with Crippen molar-refractivity contribution in [2.45, 2.75) is 443 Å². The van der Waals surface area contributed by atoms with Crippen molar-refractivity contribution < 1.29 is 82.1 Å². The summed E-state index contributed by atoms with van der Waals surface area (Å²) in [5.74, 6) is 0.0351.